The fourth-order valence-corrected chi connectivity index (χ4v) is 1.81. The maximum Gasteiger partial charge on any atom is 0.252 e. The van der Waals surface area contributed by atoms with Crippen molar-refractivity contribution in [1.29, 1.82) is 0 Å². The van der Waals surface area contributed by atoms with Crippen LogP contribution in [0, 0.1) is 11.6 Å². The van der Waals surface area contributed by atoms with E-state index in [1.54, 1.807) is 0 Å². The van der Waals surface area contributed by atoms with E-state index in [1.165, 1.54) is 24.4 Å². The van der Waals surface area contributed by atoms with Crippen LogP contribution in [0.3, 0.4) is 0 Å². The predicted molar refractivity (Wildman–Crippen MR) is 71.4 cm³/mol. The summed E-state index contributed by atoms with van der Waals surface area (Å²) in [5.41, 5.74) is 5.73. The molecule has 0 aliphatic carbocycles. The Kier molecular flexibility index (Phi) is 4.14. The summed E-state index contributed by atoms with van der Waals surface area (Å²) in [6, 6.07) is 5.23. The Morgan fingerprint density at radius 3 is 2.85 bits per heavy atom. The number of halogens is 3. The van der Waals surface area contributed by atoms with Gasteiger partial charge in [-0.25, -0.2) is 13.8 Å². The third-order valence-corrected chi connectivity index (χ3v) is 2.84. The number of rotatable bonds is 4. The van der Waals surface area contributed by atoms with Crippen molar-refractivity contribution >= 4 is 23.2 Å². The molecule has 0 atom stereocenters. The highest BCUT2D eigenvalue weighted by Gasteiger charge is 2.11. The molecule has 0 spiro atoms. The lowest BCUT2D eigenvalue weighted by molar-refractivity contribution is 0.100. The molecule has 0 bridgehead atoms. The van der Waals surface area contributed by atoms with E-state index in [1.807, 2.05) is 0 Å². The number of carbonyl (C=O) groups is 1. The van der Waals surface area contributed by atoms with E-state index < -0.39 is 17.5 Å². The molecule has 0 radical (unpaired) electrons. The molecule has 2 rings (SSSR count). The molecule has 2 aromatic rings. The first-order valence-corrected chi connectivity index (χ1v) is 5.99. The van der Waals surface area contributed by atoms with Gasteiger partial charge in [0.15, 0.2) is 11.6 Å². The van der Waals surface area contributed by atoms with Gasteiger partial charge in [0, 0.05) is 18.3 Å². The maximum atomic E-state index is 13.5. The van der Waals surface area contributed by atoms with Gasteiger partial charge < -0.3 is 11.1 Å². The molecule has 1 aromatic carbocycles. The molecule has 0 aliphatic rings. The van der Waals surface area contributed by atoms with E-state index in [-0.39, 0.29) is 22.8 Å². The number of primary amides is 1. The summed E-state index contributed by atoms with van der Waals surface area (Å²) in [4.78, 5) is 15.0. The summed E-state index contributed by atoms with van der Waals surface area (Å²) < 4.78 is 26.6. The van der Waals surface area contributed by atoms with Crippen LogP contribution < -0.4 is 11.1 Å². The zero-order valence-electron chi connectivity index (χ0n) is 10.2. The van der Waals surface area contributed by atoms with Gasteiger partial charge in [-0.05, 0) is 12.1 Å². The van der Waals surface area contributed by atoms with E-state index in [0.29, 0.717) is 5.69 Å². The standard InChI is InChI=1S/C13H10ClF2N3O/c14-11-4-10(8(6-19-11)13(17)20)18-5-7-2-1-3-9(15)12(7)16/h1-4,6H,5H2,(H2,17,20)(H,18,19). The Bertz CT molecular complexity index is 664. The van der Waals surface area contributed by atoms with Crippen molar-refractivity contribution in [3.63, 3.8) is 0 Å². The first-order chi connectivity index (χ1) is 9.49. The monoisotopic (exact) mass is 297 g/mol. The topological polar surface area (TPSA) is 68.0 Å². The SMILES string of the molecule is NC(=O)c1cnc(Cl)cc1NCc1cccc(F)c1F. The molecule has 0 saturated carbocycles. The predicted octanol–water partition coefficient (Wildman–Crippen LogP) is 2.72. The van der Waals surface area contributed by atoms with Crippen molar-refractivity contribution in [2.75, 3.05) is 5.32 Å². The van der Waals surface area contributed by atoms with Crippen molar-refractivity contribution in [3.05, 3.63) is 58.4 Å². The zero-order chi connectivity index (χ0) is 14.7. The molecule has 0 fully saturated rings. The molecular weight excluding hydrogens is 288 g/mol. The summed E-state index contributed by atoms with van der Waals surface area (Å²) in [6.45, 7) is -0.0236. The highest BCUT2D eigenvalue weighted by atomic mass is 35.5. The van der Waals surface area contributed by atoms with Crippen LogP contribution in [-0.2, 0) is 6.54 Å². The molecule has 1 amide bonds. The molecule has 7 heteroatoms. The first kappa shape index (κ1) is 14.2. The van der Waals surface area contributed by atoms with Crippen molar-refractivity contribution in [2.45, 2.75) is 6.54 Å². The number of nitrogens with one attached hydrogen (secondary N) is 1. The van der Waals surface area contributed by atoms with Crippen LogP contribution in [0.2, 0.25) is 5.15 Å². The van der Waals surface area contributed by atoms with Crippen LogP contribution in [-0.4, -0.2) is 10.9 Å². The molecule has 3 N–H and O–H groups in total. The number of aromatic nitrogens is 1. The van der Waals surface area contributed by atoms with Gasteiger partial charge in [0.2, 0.25) is 0 Å². The van der Waals surface area contributed by atoms with Gasteiger partial charge in [0.05, 0.1) is 11.3 Å². The molecule has 20 heavy (non-hydrogen) atoms. The van der Waals surface area contributed by atoms with Gasteiger partial charge in [-0.3, -0.25) is 4.79 Å². The molecule has 4 nitrogen and oxygen atoms in total. The van der Waals surface area contributed by atoms with E-state index in [0.717, 1.165) is 6.07 Å². The quantitative estimate of drug-likeness (QED) is 0.853. The summed E-state index contributed by atoms with van der Waals surface area (Å²) >= 11 is 5.72. The fourth-order valence-electron chi connectivity index (χ4n) is 1.65. The minimum atomic E-state index is -0.944. The molecular formula is C13H10ClF2N3O. The number of carbonyl (C=O) groups excluding carboxylic acids is 1. The average molecular weight is 298 g/mol. The highest BCUT2D eigenvalue weighted by molar-refractivity contribution is 6.29. The van der Waals surface area contributed by atoms with Gasteiger partial charge in [0.1, 0.15) is 5.15 Å². The lowest BCUT2D eigenvalue weighted by Gasteiger charge is -2.11. The number of benzene rings is 1. The zero-order valence-corrected chi connectivity index (χ0v) is 10.9. The molecule has 0 saturated heterocycles. The largest absolute Gasteiger partial charge is 0.380 e. The van der Waals surface area contributed by atoms with Crippen LogP contribution in [0.25, 0.3) is 0 Å². The minimum Gasteiger partial charge on any atom is -0.380 e. The Balaban J connectivity index is 2.24. The minimum absolute atomic E-state index is 0.0236. The van der Waals surface area contributed by atoms with Gasteiger partial charge in [-0.2, -0.15) is 0 Å². The van der Waals surface area contributed by atoms with Gasteiger partial charge in [0.25, 0.3) is 5.91 Å². The second-order valence-corrected chi connectivity index (χ2v) is 4.37. The molecule has 1 heterocycles. The Morgan fingerprint density at radius 1 is 1.40 bits per heavy atom. The van der Waals surface area contributed by atoms with E-state index in [9.17, 15) is 13.6 Å². The summed E-state index contributed by atoms with van der Waals surface area (Å²) in [7, 11) is 0. The van der Waals surface area contributed by atoms with E-state index in [4.69, 9.17) is 17.3 Å². The van der Waals surface area contributed by atoms with Crippen LogP contribution in [0.5, 0.6) is 0 Å². The third kappa shape index (κ3) is 3.03. The Hall–Kier alpha value is -2.21. The third-order valence-electron chi connectivity index (χ3n) is 2.64. The van der Waals surface area contributed by atoms with Crippen LogP contribution in [0.1, 0.15) is 15.9 Å². The highest BCUT2D eigenvalue weighted by Crippen LogP contribution is 2.20. The smallest absolute Gasteiger partial charge is 0.252 e. The van der Waals surface area contributed by atoms with Crippen molar-refractivity contribution in [2.24, 2.45) is 5.73 Å². The second kappa shape index (κ2) is 5.83. The number of hydrogen-bond donors (Lipinski definition) is 2. The number of pyridine rings is 1. The summed E-state index contributed by atoms with van der Waals surface area (Å²) in [6.07, 6.45) is 1.22. The van der Waals surface area contributed by atoms with Gasteiger partial charge in [-0.1, -0.05) is 23.7 Å². The number of hydrogen-bond acceptors (Lipinski definition) is 3. The number of nitrogens with two attached hydrogens (primary N) is 1. The lowest BCUT2D eigenvalue weighted by Crippen LogP contribution is -2.15. The van der Waals surface area contributed by atoms with Crippen molar-refractivity contribution in [1.82, 2.24) is 4.98 Å². The average Bonchev–Trinajstić information content (AvgIpc) is 2.40. The molecule has 1 aromatic heterocycles. The number of anilines is 1. The Morgan fingerprint density at radius 2 is 2.15 bits per heavy atom. The van der Waals surface area contributed by atoms with Crippen LogP contribution in [0.4, 0.5) is 14.5 Å². The van der Waals surface area contributed by atoms with Crippen molar-refractivity contribution < 1.29 is 13.6 Å². The summed E-state index contributed by atoms with van der Waals surface area (Å²) in [5.74, 6) is -2.58. The van der Waals surface area contributed by atoms with Crippen LogP contribution >= 0.6 is 11.6 Å². The normalized spacial score (nSPS) is 10.3. The molecule has 0 unspecified atom stereocenters. The number of amides is 1. The maximum absolute atomic E-state index is 13.5. The van der Waals surface area contributed by atoms with Gasteiger partial charge >= 0.3 is 0 Å². The van der Waals surface area contributed by atoms with Crippen molar-refractivity contribution in [3.8, 4) is 0 Å². The Labute approximate surface area is 118 Å². The van der Waals surface area contributed by atoms with Gasteiger partial charge in [-0.15, -0.1) is 0 Å². The molecule has 0 aliphatic heterocycles. The van der Waals surface area contributed by atoms with E-state index in [2.05, 4.69) is 10.3 Å². The van der Waals surface area contributed by atoms with Crippen LogP contribution in [0.15, 0.2) is 30.5 Å². The number of nitrogens with zero attached hydrogens (tertiary/aromatic N) is 1. The second-order valence-electron chi connectivity index (χ2n) is 3.98. The summed E-state index contributed by atoms with van der Waals surface area (Å²) in [5, 5.41) is 2.94. The fraction of sp³-hybridized carbons (Fsp3) is 0.0769. The molecule has 104 valence electrons. The lowest BCUT2D eigenvalue weighted by atomic mass is 10.2. The first-order valence-electron chi connectivity index (χ1n) is 5.61. The van der Waals surface area contributed by atoms with E-state index >= 15 is 0 Å².